The summed E-state index contributed by atoms with van der Waals surface area (Å²) in [5.74, 6) is 0.250. The summed E-state index contributed by atoms with van der Waals surface area (Å²) in [5.41, 5.74) is 1.42. The van der Waals surface area contributed by atoms with Gasteiger partial charge in [0.05, 0.1) is 7.11 Å². The number of halogens is 1. The Morgan fingerprint density at radius 1 is 1.18 bits per heavy atom. The minimum absolute atomic E-state index is 0.0399. The van der Waals surface area contributed by atoms with Gasteiger partial charge in [-0.15, -0.1) is 0 Å². The van der Waals surface area contributed by atoms with E-state index in [2.05, 4.69) is 21.2 Å². The molecule has 22 heavy (non-hydrogen) atoms. The second-order valence-corrected chi connectivity index (χ2v) is 5.32. The topological polar surface area (TPSA) is 62.1 Å². The van der Waals surface area contributed by atoms with Crippen molar-refractivity contribution in [1.82, 2.24) is 0 Å². The highest BCUT2D eigenvalue weighted by Crippen LogP contribution is 2.17. The van der Waals surface area contributed by atoms with E-state index in [1.807, 2.05) is 30.3 Å². The van der Waals surface area contributed by atoms with Crippen LogP contribution in [0.4, 0.5) is 5.69 Å². The van der Waals surface area contributed by atoms with Gasteiger partial charge < -0.3 is 10.1 Å². The molecule has 2 aromatic rings. The van der Waals surface area contributed by atoms with Crippen LogP contribution < -0.4 is 10.1 Å². The fourth-order valence-electron chi connectivity index (χ4n) is 1.75. The highest BCUT2D eigenvalue weighted by molar-refractivity contribution is 9.10. The van der Waals surface area contributed by atoms with Gasteiger partial charge in [0.25, 0.3) is 5.91 Å². The largest absolute Gasteiger partial charge is 0.497 e. The summed E-state index contributed by atoms with van der Waals surface area (Å²) in [4.78, 5) is 12.1. The number of hydrogen-bond acceptors (Lipinski definition) is 3. The molecule has 5 heteroatoms. The Labute approximate surface area is 137 Å². The van der Waals surface area contributed by atoms with Gasteiger partial charge in [-0.2, -0.15) is 5.26 Å². The SMILES string of the molecule is COc1ccc(NC(=O)/C(C#N)=C\c2ccc(Br)cc2)cc1. The molecule has 0 heterocycles. The molecule has 0 unspecified atom stereocenters. The molecule has 0 aliphatic carbocycles. The molecular formula is C17H13BrN2O2. The zero-order valence-electron chi connectivity index (χ0n) is 11.8. The number of nitrogens with one attached hydrogen (secondary N) is 1. The van der Waals surface area contributed by atoms with Gasteiger partial charge in [-0.05, 0) is 48.0 Å². The lowest BCUT2D eigenvalue weighted by Crippen LogP contribution is -2.13. The molecule has 0 saturated carbocycles. The molecule has 0 saturated heterocycles. The van der Waals surface area contributed by atoms with Crippen LogP contribution in [-0.2, 0) is 4.79 Å². The number of amides is 1. The average Bonchev–Trinajstić information content (AvgIpc) is 2.55. The summed E-state index contributed by atoms with van der Waals surface area (Å²) in [6.45, 7) is 0. The van der Waals surface area contributed by atoms with E-state index >= 15 is 0 Å². The van der Waals surface area contributed by atoms with Crippen LogP contribution in [0.25, 0.3) is 6.08 Å². The van der Waals surface area contributed by atoms with Crippen molar-refractivity contribution >= 4 is 33.6 Å². The predicted molar refractivity (Wildman–Crippen MR) is 89.4 cm³/mol. The van der Waals surface area contributed by atoms with Crippen LogP contribution in [0.5, 0.6) is 5.75 Å². The van der Waals surface area contributed by atoms with Crippen LogP contribution in [0.2, 0.25) is 0 Å². The third-order valence-electron chi connectivity index (χ3n) is 2.89. The number of rotatable bonds is 4. The molecular weight excluding hydrogens is 344 g/mol. The van der Waals surface area contributed by atoms with E-state index in [0.29, 0.717) is 11.4 Å². The van der Waals surface area contributed by atoms with E-state index in [0.717, 1.165) is 10.0 Å². The van der Waals surface area contributed by atoms with Gasteiger partial charge in [0.15, 0.2) is 0 Å². The van der Waals surface area contributed by atoms with Gasteiger partial charge in [-0.1, -0.05) is 28.1 Å². The first-order valence-corrected chi connectivity index (χ1v) is 7.24. The first kappa shape index (κ1) is 15.8. The summed E-state index contributed by atoms with van der Waals surface area (Å²) in [5, 5.41) is 11.8. The molecule has 1 N–H and O–H groups in total. The zero-order valence-corrected chi connectivity index (χ0v) is 13.4. The molecule has 2 rings (SSSR count). The van der Waals surface area contributed by atoms with Crippen molar-refractivity contribution in [1.29, 1.82) is 5.26 Å². The summed E-state index contributed by atoms with van der Waals surface area (Å²) < 4.78 is 5.99. The monoisotopic (exact) mass is 356 g/mol. The van der Waals surface area contributed by atoms with Crippen LogP contribution in [0.3, 0.4) is 0 Å². The number of carbonyl (C=O) groups is 1. The maximum atomic E-state index is 12.1. The van der Waals surface area contributed by atoms with Crippen molar-refractivity contribution in [3.8, 4) is 11.8 Å². The van der Waals surface area contributed by atoms with Crippen LogP contribution in [0.1, 0.15) is 5.56 Å². The Bertz CT molecular complexity index is 729. The third-order valence-corrected chi connectivity index (χ3v) is 3.42. The molecule has 0 spiro atoms. The summed E-state index contributed by atoms with van der Waals surface area (Å²) >= 11 is 3.34. The first-order chi connectivity index (χ1) is 10.6. The second kappa shape index (κ2) is 7.43. The van der Waals surface area contributed by atoms with E-state index in [1.54, 1.807) is 37.5 Å². The fraction of sp³-hybridized carbons (Fsp3) is 0.0588. The number of carbonyl (C=O) groups excluding carboxylic acids is 1. The van der Waals surface area contributed by atoms with E-state index in [-0.39, 0.29) is 5.57 Å². The number of nitriles is 1. The highest BCUT2D eigenvalue weighted by atomic mass is 79.9. The lowest BCUT2D eigenvalue weighted by molar-refractivity contribution is -0.112. The molecule has 0 radical (unpaired) electrons. The number of ether oxygens (including phenoxy) is 1. The summed E-state index contributed by atoms with van der Waals surface area (Å²) in [6, 6.07) is 16.2. The Kier molecular flexibility index (Phi) is 5.34. The fourth-order valence-corrected chi connectivity index (χ4v) is 2.01. The average molecular weight is 357 g/mol. The van der Waals surface area contributed by atoms with Crippen LogP contribution in [-0.4, -0.2) is 13.0 Å². The standard InChI is InChI=1S/C17H13BrN2O2/c1-22-16-8-6-15(7-9-16)20-17(21)13(11-19)10-12-2-4-14(18)5-3-12/h2-10H,1H3,(H,20,21)/b13-10-. The third kappa shape index (κ3) is 4.21. The first-order valence-electron chi connectivity index (χ1n) is 6.45. The molecule has 110 valence electrons. The number of nitrogens with zero attached hydrogens (tertiary/aromatic N) is 1. The molecule has 0 aliphatic rings. The van der Waals surface area contributed by atoms with Crippen molar-refractivity contribution in [3.63, 3.8) is 0 Å². The van der Waals surface area contributed by atoms with E-state index in [4.69, 9.17) is 10.00 Å². The Balaban J connectivity index is 2.14. The summed E-state index contributed by atoms with van der Waals surface area (Å²) in [6.07, 6.45) is 1.55. The molecule has 2 aromatic carbocycles. The lowest BCUT2D eigenvalue weighted by Gasteiger charge is -2.05. The zero-order chi connectivity index (χ0) is 15.9. The van der Waals surface area contributed by atoms with Crippen molar-refractivity contribution in [2.24, 2.45) is 0 Å². The van der Waals surface area contributed by atoms with Gasteiger partial charge >= 0.3 is 0 Å². The Morgan fingerprint density at radius 3 is 2.36 bits per heavy atom. The van der Waals surface area contributed by atoms with Crippen LogP contribution >= 0.6 is 15.9 Å². The van der Waals surface area contributed by atoms with Crippen LogP contribution in [0, 0.1) is 11.3 Å². The van der Waals surface area contributed by atoms with Crippen LogP contribution in [0.15, 0.2) is 58.6 Å². The smallest absolute Gasteiger partial charge is 0.266 e. The maximum absolute atomic E-state index is 12.1. The van der Waals surface area contributed by atoms with Gasteiger partial charge in [-0.3, -0.25) is 4.79 Å². The number of anilines is 1. The molecule has 0 aliphatic heterocycles. The quantitative estimate of drug-likeness (QED) is 0.665. The minimum Gasteiger partial charge on any atom is -0.497 e. The Morgan fingerprint density at radius 2 is 1.82 bits per heavy atom. The van der Waals surface area contributed by atoms with Gasteiger partial charge in [0.1, 0.15) is 17.4 Å². The van der Waals surface area contributed by atoms with Crippen molar-refractivity contribution < 1.29 is 9.53 Å². The van der Waals surface area contributed by atoms with Gasteiger partial charge in [0.2, 0.25) is 0 Å². The van der Waals surface area contributed by atoms with Crippen molar-refractivity contribution in [3.05, 3.63) is 64.1 Å². The highest BCUT2D eigenvalue weighted by Gasteiger charge is 2.09. The number of hydrogen-bond donors (Lipinski definition) is 1. The second-order valence-electron chi connectivity index (χ2n) is 4.40. The predicted octanol–water partition coefficient (Wildman–Crippen LogP) is 4.00. The van der Waals surface area contributed by atoms with Gasteiger partial charge in [0, 0.05) is 10.2 Å². The number of benzene rings is 2. The minimum atomic E-state index is -0.449. The van der Waals surface area contributed by atoms with Crippen molar-refractivity contribution in [2.75, 3.05) is 12.4 Å². The molecule has 0 bridgehead atoms. The molecule has 1 amide bonds. The van der Waals surface area contributed by atoms with E-state index in [9.17, 15) is 4.79 Å². The number of methoxy groups -OCH3 is 1. The molecule has 0 aromatic heterocycles. The molecule has 0 fully saturated rings. The molecule has 4 nitrogen and oxygen atoms in total. The Hall–Kier alpha value is -2.58. The van der Waals surface area contributed by atoms with E-state index < -0.39 is 5.91 Å². The lowest BCUT2D eigenvalue weighted by atomic mass is 10.1. The summed E-state index contributed by atoms with van der Waals surface area (Å²) in [7, 11) is 1.57. The van der Waals surface area contributed by atoms with Gasteiger partial charge in [-0.25, -0.2) is 0 Å². The van der Waals surface area contributed by atoms with E-state index in [1.165, 1.54) is 0 Å². The normalized spacial score (nSPS) is 10.7. The maximum Gasteiger partial charge on any atom is 0.266 e. The molecule has 0 atom stereocenters. The van der Waals surface area contributed by atoms with Crippen molar-refractivity contribution in [2.45, 2.75) is 0 Å².